The van der Waals surface area contributed by atoms with Gasteiger partial charge in [0.15, 0.2) is 12.7 Å². The summed E-state index contributed by atoms with van der Waals surface area (Å²) in [7, 11) is 0. The second-order valence-corrected chi connectivity index (χ2v) is 7.33. The lowest BCUT2D eigenvalue weighted by Gasteiger charge is -2.11. The third-order valence-electron chi connectivity index (χ3n) is 5.30. The van der Waals surface area contributed by atoms with E-state index in [9.17, 15) is 9.59 Å². The number of ketones is 1. The van der Waals surface area contributed by atoms with Crippen LogP contribution in [0.2, 0.25) is 0 Å². The second kappa shape index (κ2) is 9.96. The van der Waals surface area contributed by atoms with Crippen LogP contribution in [0.1, 0.15) is 34.2 Å². The van der Waals surface area contributed by atoms with Gasteiger partial charge in [-0.2, -0.15) is 4.57 Å². The zero-order chi connectivity index (χ0) is 21.1. The number of aromatic nitrogens is 3. The first kappa shape index (κ1) is 22.8. The van der Waals surface area contributed by atoms with Crippen molar-refractivity contribution >= 4 is 16.8 Å². The summed E-state index contributed by atoms with van der Waals surface area (Å²) < 4.78 is 3.79. The molecular formula is C25H24IN3O2. The summed E-state index contributed by atoms with van der Waals surface area (Å²) in [6, 6.07) is 19.2. The molecule has 0 saturated heterocycles. The Bertz CT molecular complexity index is 1280. The maximum atomic E-state index is 13.4. The fourth-order valence-electron chi connectivity index (χ4n) is 3.67. The molecule has 0 radical (unpaired) electrons. The van der Waals surface area contributed by atoms with E-state index < -0.39 is 0 Å². The lowest BCUT2D eigenvalue weighted by molar-refractivity contribution is -0.698. The van der Waals surface area contributed by atoms with E-state index in [-0.39, 0.29) is 40.8 Å². The van der Waals surface area contributed by atoms with Crippen molar-refractivity contribution in [2.45, 2.75) is 33.4 Å². The summed E-state index contributed by atoms with van der Waals surface area (Å²) in [5, 5.41) is 0.472. The molecule has 1 aromatic carbocycles. The number of rotatable bonds is 6. The van der Waals surface area contributed by atoms with E-state index in [2.05, 4.69) is 17.1 Å². The molecule has 0 amide bonds. The highest BCUT2D eigenvalue weighted by molar-refractivity contribution is 6.07. The molecule has 0 unspecified atom stereocenters. The van der Waals surface area contributed by atoms with Crippen molar-refractivity contribution in [3.63, 3.8) is 0 Å². The maximum Gasteiger partial charge on any atom is 0.262 e. The highest BCUT2D eigenvalue weighted by Crippen LogP contribution is 2.13. The van der Waals surface area contributed by atoms with Crippen molar-refractivity contribution < 1.29 is 33.3 Å². The molecule has 5 nitrogen and oxygen atoms in total. The quantitative estimate of drug-likeness (QED) is 0.209. The third-order valence-corrected chi connectivity index (χ3v) is 5.30. The molecule has 158 valence electrons. The van der Waals surface area contributed by atoms with Crippen molar-refractivity contribution in [3.05, 3.63) is 106 Å². The number of halogens is 1. The van der Waals surface area contributed by atoms with Crippen LogP contribution in [-0.2, 0) is 19.5 Å². The number of carbonyl (C=O) groups is 1. The van der Waals surface area contributed by atoms with Crippen LogP contribution < -0.4 is 34.0 Å². The molecule has 0 saturated carbocycles. The largest absolute Gasteiger partial charge is 1.00 e. The van der Waals surface area contributed by atoms with Gasteiger partial charge in [-0.15, -0.1) is 0 Å². The van der Waals surface area contributed by atoms with Gasteiger partial charge >= 0.3 is 0 Å². The molecule has 0 atom stereocenters. The van der Waals surface area contributed by atoms with Crippen LogP contribution in [0, 0.1) is 6.92 Å². The predicted molar refractivity (Wildman–Crippen MR) is 117 cm³/mol. The van der Waals surface area contributed by atoms with E-state index in [1.165, 1.54) is 5.56 Å². The summed E-state index contributed by atoms with van der Waals surface area (Å²) in [5.74, 6) is -0.265. The Morgan fingerprint density at radius 2 is 1.77 bits per heavy atom. The first-order valence-electron chi connectivity index (χ1n) is 10.2. The van der Waals surface area contributed by atoms with Crippen LogP contribution in [0.3, 0.4) is 0 Å². The van der Waals surface area contributed by atoms with Gasteiger partial charge in [-0.05, 0) is 37.6 Å². The van der Waals surface area contributed by atoms with Crippen molar-refractivity contribution in [1.29, 1.82) is 0 Å². The van der Waals surface area contributed by atoms with E-state index in [4.69, 9.17) is 0 Å². The summed E-state index contributed by atoms with van der Waals surface area (Å²) in [6.45, 7) is 5.14. The fourth-order valence-corrected chi connectivity index (χ4v) is 3.67. The number of benzene rings is 1. The average Bonchev–Trinajstić information content (AvgIpc) is 2.78. The van der Waals surface area contributed by atoms with Gasteiger partial charge in [-0.3, -0.25) is 9.59 Å². The van der Waals surface area contributed by atoms with Gasteiger partial charge in [-0.25, -0.2) is 4.98 Å². The molecule has 0 aliphatic rings. The SMILES string of the molecule is CCn1cc(C(=O)c2cccc[n+]2CCc2ccccc2)c(=O)c2ccc(C)nc21.[I-]. The molecular weight excluding hydrogens is 501 g/mol. The highest BCUT2D eigenvalue weighted by atomic mass is 127. The van der Waals surface area contributed by atoms with E-state index in [1.807, 2.05) is 59.5 Å². The molecule has 3 aromatic heterocycles. The Balaban J connectivity index is 0.00000272. The van der Waals surface area contributed by atoms with E-state index in [1.54, 1.807) is 24.4 Å². The first-order valence-corrected chi connectivity index (χ1v) is 10.2. The van der Waals surface area contributed by atoms with E-state index in [0.29, 0.717) is 29.8 Å². The molecule has 0 aliphatic heterocycles. The lowest BCUT2D eigenvalue weighted by atomic mass is 10.1. The van der Waals surface area contributed by atoms with Gasteiger partial charge in [0.2, 0.25) is 5.43 Å². The molecule has 0 spiro atoms. The van der Waals surface area contributed by atoms with Gasteiger partial charge in [0.1, 0.15) is 5.65 Å². The Morgan fingerprint density at radius 1 is 1.03 bits per heavy atom. The molecule has 4 rings (SSSR count). The number of hydrogen-bond acceptors (Lipinski definition) is 3. The van der Waals surface area contributed by atoms with E-state index >= 15 is 0 Å². The van der Waals surface area contributed by atoms with Gasteiger partial charge in [0, 0.05) is 37.0 Å². The fraction of sp³-hybridized carbons (Fsp3) is 0.200. The number of pyridine rings is 3. The van der Waals surface area contributed by atoms with Crippen LogP contribution in [0.4, 0.5) is 0 Å². The number of carbonyl (C=O) groups excluding carboxylic acids is 1. The van der Waals surface area contributed by atoms with Crippen LogP contribution in [0.25, 0.3) is 11.0 Å². The number of hydrogen-bond donors (Lipinski definition) is 0. The number of fused-ring (bicyclic) bond motifs is 1. The standard InChI is InChI=1S/C25H24N3O2.HI/c1-3-27-17-21(23(29)20-13-12-18(2)26-25(20)27)24(30)22-11-7-8-15-28(22)16-14-19-9-5-4-6-10-19;/h4-13,15,17H,3,14,16H2,1-2H3;1H/q+1;/p-1. The monoisotopic (exact) mass is 525 g/mol. The lowest BCUT2D eigenvalue weighted by Crippen LogP contribution is -3.00. The van der Waals surface area contributed by atoms with Crippen LogP contribution in [0.15, 0.2) is 77.9 Å². The van der Waals surface area contributed by atoms with Gasteiger partial charge in [-0.1, -0.05) is 30.3 Å². The molecule has 4 aromatic rings. The highest BCUT2D eigenvalue weighted by Gasteiger charge is 2.24. The number of aryl methyl sites for hydroxylation is 4. The Hall–Kier alpha value is -2.87. The minimum absolute atomic E-state index is 0. The van der Waals surface area contributed by atoms with E-state index in [0.717, 1.165) is 12.1 Å². The molecule has 0 N–H and O–H groups in total. The molecule has 0 fully saturated rings. The zero-order valence-electron chi connectivity index (χ0n) is 17.6. The summed E-state index contributed by atoms with van der Waals surface area (Å²) in [5.41, 5.74) is 3.06. The summed E-state index contributed by atoms with van der Waals surface area (Å²) >= 11 is 0. The normalized spacial score (nSPS) is 10.6. The van der Waals surface area contributed by atoms with Crippen molar-refractivity contribution in [2.24, 2.45) is 0 Å². The summed E-state index contributed by atoms with van der Waals surface area (Å²) in [6.07, 6.45) is 4.34. The summed E-state index contributed by atoms with van der Waals surface area (Å²) in [4.78, 5) is 31.1. The Morgan fingerprint density at radius 3 is 2.52 bits per heavy atom. The van der Waals surface area contributed by atoms with Crippen LogP contribution >= 0.6 is 0 Å². The molecule has 31 heavy (non-hydrogen) atoms. The average molecular weight is 525 g/mol. The van der Waals surface area contributed by atoms with Gasteiger partial charge in [0.05, 0.1) is 10.9 Å². The molecule has 6 heteroatoms. The minimum atomic E-state index is -0.273. The molecule has 0 bridgehead atoms. The van der Waals surface area contributed by atoms with Gasteiger partial charge in [0.25, 0.3) is 11.5 Å². The number of nitrogens with zero attached hydrogens (tertiary/aromatic N) is 3. The first-order chi connectivity index (χ1) is 14.6. The smallest absolute Gasteiger partial charge is 0.262 e. The molecule has 0 aliphatic carbocycles. The van der Waals surface area contributed by atoms with Crippen LogP contribution in [-0.4, -0.2) is 15.3 Å². The Labute approximate surface area is 198 Å². The predicted octanol–water partition coefficient (Wildman–Crippen LogP) is 0.490. The second-order valence-electron chi connectivity index (χ2n) is 7.33. The Kier molecular flexibility index (Phi) is 7.33. The topological polar surface area (TPSA) is 55.8 Å². The van der Waals surface area contributed by atoms with Crippen LogP contribution in [0.5, 0.6) is 0 Å². The van der Waals surface area contributed by atoms with Crippen molar-refractivity contribution in [2.75, 3.05) is 0 Å². The van der Waals surface area contributed by atoms with Crippen molar-refractivity contribution in [3.8, 4) is 0 Å². The minimum Gasteiger partial charge on any atom is -1.00 e. The van der Waals surface area contributed by atoms with Crippen molar-refractivity contribution in [1.82, 2.24) is 9.55 Å². The third kappa shape index (κ3) is 4.74. The van der Waals surface area contributed by atoms with Gasteiger partial charge < -0.3 is 28.5 Å². The molecule has 3 heterocycles. The maximum absolute atomic E-state index is 13.4. The zero-order valence-corrected chi connectivity index (χ0v) is 19.7.